The lowest BCUT2D eigenvalue weighted by Crippen LogP contribution is -2.26. The molecule has 0 spiro atoms. The zero-order chi connectivity index (χ0) is 22.1. The topological polar surface area (TPSA) is 74.8 Å². The number of H-pyrrole nitrogens is 1. The fourth-order valence-corrected chi connectivity index (χ4v) is 4.26. The molecular formula is C22H18F3N3O2S. The molecule has 0 amide bonds. The number of fused-ring (bicyclic) bond motifs is 1. The molecule has 0 aliphatic carbocycles. The summed E-state index contributed by atoms with van der Waals surface area (Å²) in [7, 11) is -3.84. The van der Waals surface area contributed by atoms with Gasteiger partial charge in [-0.15, -0.1) is 0 Å². The number of hydrogen-bond donors (Lipinski definition) is 2. The minimum absolute atomic E-state index is 0.0279. The smallest absolute Gasteiger partial charge is 0.338 e. The van der Waals surface area contributed by atoms with Gasteiger partial charge in [0.25, 0.3) is 0 Å². The molecule has 0 atom stereocenters. The largest absolute Gasteiger partial charge is 0.416 e. The van der Waals surface area contributed by atoms with Crippen molar-refractivity contribution in [2.45, 2.75) is 17.5 Å². The minimum Gasteiger partial charge on any atom is -0.338 e. The third-order valence-corrected chi connectivity index (χ3v) is 6.23. The van der Waals surface area contributed by atoms with Crippen molar-refractivity contribution in [3.05, 3.63) is 83.9 Å². The summed E-state index contributed by atoms with van der Waals surface area (Å²) >= 11 is 0. The number of aromatic nitrogens is 2. The zero-order valence-electron chi connectivity index (χ0n) is 16.1. The SMILES string of the molecule is O=S(=O)(NCCc1cccc(C(F)(F)F)c1)c1ccc2nc(-c3ccccc3)[nH]c2c1. The molecule has 5 nitrogen and oxygen atoms in total. The van der Waals surface area contributed by atoms with Gasteiger partial charge in [-0.3, -0.25) is 0 Å². The summed E-state index contributed by atoms with van der Waals surface area (Å²) in [6, 6.07) is 18.8. The van der Waals surface area contributed by atoms with Crippen LogP contribution < -0.4 is 4.72 Å². The maximum atomic E-state index is 12.8. The highest BCUT2D eigenvalue weighted by Crippen LogP contribution is 2.29. The molecule has 0 aliphatic rings. The number of halogens is 3. The maximum Gasteiger partial charge on any atom is 0.416 e. The highest BCUT2D eigenvalue weighted by molar-refractivity contribution is 7.89. The monoisotopic (exact) mass is 445 g/mol. The fourth-order valence-electron chi connectivity index (χ4n) is 3.20. The number of sulfonamides is 1. The molecule has 0 radical (unpaired) electrons. The molecule has 31 heavy (non-hydrogen) atoms. The molecule has 0 unspecified atom stereocenters. The van der Waals surface area contributed by atoms with Crippen molar-refractivity contribution in [3.63, 3.8) is 0 Å². The van der Waals surface area contributed by atoms with Gasteiger partial charge in [0, 0.05) is 12.1 Å². The molecule has 4 rings (SSSR count). The van der Waals surface area contributed by atoms with E-state index in [1.807, 2.05) is 30.3 Å². The predicted octanol–water partition coefficient (Wildman–Crippen LogP) is 4.77. The first-order chi connectivity index (χ1) is 14.7. The number of imidazole rings is 1. The molecule has 0 bridgehead atoms. The van der Waals surface area contributed by atoms with Crippen molar-refractivity contribution >= 4 is 21.1 Å². The number of hydrogen-bond acceptors (Lipinski definition) is 3. The van der Waals surface area contributed by atoms with Gasteiger partial charge < -0.3 is 4.98 Å². The van der Waals surface area contributed by atoms with Crippen LogP contribution in [0.3, 0.4) is 0 Å². The number of alkyl halides is 3. The van der Waals surface area contributed by atoms with E-state index in [0.717, 1.165) is 17.7 Å². The van der Waals surface area contributed by atoms with Crippen LogP contribution in [0.1, 0.15) is 11.1 Å². The van der Waals surface area contributed by atoms with Crippen molar-refractivity contribution in [2.24, 2.45) is 0 Å². The number of nitrogens with one attached hydrogen (secondary N) is 2. The molecule has 3 aromatic carbocycles. The molecule has 2 N–H and O–H groups in total. The zero-order valence-corrected chi connectivity index (χ0v) is 17.0. The van der Waals surface area contributed by atoms with E-state index in [9.17, 15) is 21.6 Å². The van der Waals surface area contributed by atoms with E-state index in [4.69, 9.17) is 0 Å². The Bertz CT molecular complexity index is 1320. The molecule has 1 heterocycles. The second-order valence-electron chi connectivity index (χ2n) is 6.98. The van der Waals surface area contributed by atoms with Gasteiger partial charge in [0.2, 0.25) is 10.0 Å². The van der Waals surface area contributed by atoms with E-state index in [1.54, 1.807) is 6.07 Å². The molecule has 0 fully saturated rings. The Morgan fingerprint density at radius 2 is 1.71 bits per heavy atom. The minimum atomic E-state index is -4.44. The van der Waals surface area contributed by atoms with Crippen molar-refractivity contribution in [2.75, 3.05) is 6.54 Å². The van der Waals surface area contributed by atoms with Crippen LogP contribution in [-0.2, 0) is 22.6 Å². The highest BCUT2D eigenvalue weighted by Gasteiger charge is 2.30. The average Bonchev–Trinajstić information content (AvgIpc) is 3.17. The second-order valence-corrected chi connectivity index (χ2v) is 8.74. The normalized spacial score (nSPS) is 12.4. The highest BCUT2D eigenvalue weighted by atomic mass is 32.2. The van der Waals surface area contributed by atoms with Gasteiger partial charge in [-0.1, -0.05) is 48.5 Å². The van der Waals surface area contributed by atoms with Crippen LogP contribution >= 0.6 is 0 Å². The third kappa shape index (κ3) is 4.78. The van der Waals surface area contributed by atoms with Gasteiger partial charge in [0.1, 0.15) is 5.82 Å². The lowest BCUT2D eigenvalue weighted by atomic mass is 10.1. The van der Waals surface area contributed by atoms with Gasteiger partial charge in [0.05, 0.1) is 21.5 Å². The standard InChI is InChI=1S/C22H18F3N3O2S/c23-22(24,25)17-8-4-5-15(13-17)11-12-26-31(29,30)18-9-10-19-20(14-18)28-21(27-19)16-6-2-1-3-7-16/h1-10,13-14,26H,11-12H2,(H,27,28). The Balaban J connectivity index is 1.48. The molecule has 1 aromatic heterocycles. The summed E-state index contributed by atoms with van der Waals surface area (Å²) in [5.41, 5.74) is 1.71. The van der Waals surface area contributed by atoms with Crippen molar-refractivity contribution in [1.82, 2.24) is 14.7 Å². The Kier molecular flexibility index (Phi) is 5.55. The molecule has 4 aromatic rings. The summed E-state index contributed by atoms with van der Waals surface area (Å²) in [6.45, 7) is -0.0279. The summed E-state index contributed by atoms with van der Waals surface area (Å²) < 4.78 is 66.2. The van der Waals surface area contributed by atoms with Crippen LogP contribution in [0.15, 0.2) is 77.7 Å². The molecule has 0 saturated carbocycles. The van der Waals surface area contributed by atoms with Gasteiger partial charge in [-0.25, -0.2) is 18.1 Å². The summed E-state index contributed by atoms with van der Waals surface area (Å²) in [5, 5.41) is 0. The van der Waals surface area contributed by atoms with Gasteiger partial charge >= 0.3 is 6.18 Å². The lowest BCUT2D eigenvalue weighted by molar-refractivity contribution is -0.137. The molecular weight excluding hydrogens is 427 g/mol. The van der Waals surface area contributed by atoms with Crippen molar-refractivity contribution in [3.8, 4) is 11.4 Å². The summed E-state index contributed by atoms with van der Waals surface area (Å²) in [6.07, 6.45) is -4.30. The molecule has 0 aliphatic heterocycles. The first-order valence-electron chi connectivity index (χ1n) is 9.43. The van der Waals surface area contributed by atoms with E-state index in [-0.39, 0.29) is 17.9 Å². The lowest BCUT2D eigenvalue weighted by Gasteiger charge is -2.10. The molecule has 0 saturated heterocycles. The number of rotatable bonds is 6. The van der Waals surface area contributed by atoms with Gasteiger partial charge in [0.15, 0.2) is 0 Å². The summed E-state index contributed by atoms with van der Waals surface area (Å²) in [4.78, 5) is 7.64. The first kappa shape index (κ1) is 21.1. The van der Waals surface area contributed by atoms with Gasteiger partial charge in [-0.2, -0.15) is 13.2 Å². The van der Waals surface area contributed by atoms with E-state index in [2.05, 4.69) is 14.7 Å². The number of benzene rings is 3. The Labute approximate surface area is 177 Å². The van der Waals surface area contributed by atoms with Gasteiger partial charge in [-0.05, 0) is 36.2 Å². The Morgan fingerprint density at radius 1 is 0.935 bits per heavy atom. The van der Waals surface area contributed by atoms with Crippen LogP contribution in [0.25, 0.3) is 22.4 Å². The predicted molar refractivity (Wildman–Crippen MR) is 112 cm³/mol. The second kappa shape index (κ2) is 8.16. The number of aromatic amines is 1. The van der Waals surface area contributed by atoms with Crippen LogP contribution in [-0.4, -0.2) is 24.9 Å². The Morgan fingerprint density at radius 3 is 2.45 bits per heavy atom. The molecule has 160 valence electrons. The van der Waals surface area contributed by atoms with E-state index in [1.165, 1.54) is 24.3 Å². The number of nitrogens with zero attached hydrogens (tertiary/aromatic N) is 1. The van der Waals surface area contributed by atoms with Crippen LogP contribution in [0.4, 0.5) is 13.2 Å². The quantitative estimate of drug-likeness (QED) is 0.449. The van der Waals surface area contributed by atoms with E-state index >= 15 is 0 Å². The Hall–Kier alpha value is -3.17. The van der Waals surface area contributed by atoms with Crippen molar-refractivity contribution in [1.29, 1.82) is 0 Å². The van der Waals surface area contributed by atoms with Crippen LogP contribution in [0.5, 0.6) is 0 Å². The van der Waals surface area contributed by atoms with Crippen LogP contribution in [0, 0.1) is 0 Å². The first-order valence-corrected chi connectivity index (χ1v) is 10.9. The van der Waals surface area contributed by atoms with Crippen LogP contribution in [0.2, 0.25) is 0 Å². The van der Waals surface area contributed by atoms with Crippen molar-refractivity contribution < 1.29 is 21.6 Å². The third-order valence-electron chi connectivity index (χ3n) is 4.77. The van der Waals surface area contributed by atoms with E-state index in [0.29, 0.717) is 22.4 Å². The maximum absolute atomic E-state index is 12.8. The fraction of sp³-hybridized carbons (Fsp3) is 0.136. The molecule has 9 heteroatoms. The summed E-state index contributed by atoms with van der Waals surface area (Å²) in [5.74, 6) is 0.627. The average molecular weight is 445 g/mol. The van der Waals surface area contributed by atoms with E-state index < -0.39 is 21.8 Å².